The zero-order valence-corrected chi connectivity index (χ0v) is 7.92. The second-order valence-corrected chi connectivity index (χ2v) is 3.86. The van der Waals surface area contributed by atoms with Gasteiger partial charge in [0.2, 0.25) is 0 Å². The van der Waals surface area contributed by atoms with Crippen molar-refractivity contribution in [2.75, 3.05) is 6.54 Å². The fraction of sp³-hybridized carbons (Fsp3) is 0.364. The van der Waals surface area contributed by atoms with E-state index in [2.05, 4.69) is 16.1 Å². The third kappa shape index (κ3) is 1.06. The van der Waals surface area contributed by atoms with Gasteiger partial charge in [-0.25, -0.2) is 0 Å². The first kappa shape index (κ1) is 8.00. The maximum atomic E-state index is 11.3. The summed E-state index contributed by atoms with van der Waals surface area (Å²) >= 11 is 0. The highest BCUT2D eigenvalue weighted by atomic mass is 16.1. The lowest BCUT2D eigenvalue weighted by atomic mass is 9.97. The number of carbonyl (C=O) groups excluding carboxylic acids is 1. The summed E-state index contributed by atoms with van der Waals surface area (Å²) in [6.45, 7) is 1.90. The summed E-state index contributed by atoms with van der Waals surface area (Å²) < 4.78 is 2.22. The molecular formula is C11H12N2O. The van der Waals surface area contributed by atoms with Gasteiger partial charge in [-0.3, -0.25) is 10.1 Å². The van der Waals surface area contributed by atoms with Crippen LogP contribution in [0.15, 0.2) is 12.3 Å². The molecule has 0 spiro atoms. The third-order valence-electron chi connectivity index (χ3n) is 2.96. The number of ketones is 1. The highest BCUT2D eigenvalue weighted by molar-refractivity contribution is 5.98. The summed E-state index contributed by atoms with van der Waals surface area (Å²) in [7, 11) is 0. The van der Waals surface area contributed by atoms with Gasteiger partial charge >= 0.3 is 0 Å². The second kappa shape index (κ2) is 2.82. The molecule has 1 aliphatic heterocycles. The largest absolute Gasteiger partial charge is 0.337 e. The average Bonchev–Trinajstić information content (AvgIpc) is 2.56. The molecule has 0 amide bonds. The Morgan fingerprint density at radius 1 is 1.36 bits per heavy atom. The van der Waals surface area contributed by atoms with E-state index < -0.39 is 0 Å². The van der Waals surface area contributed by atoms with Crippen LogP contribution in [-0.2, 0) is 24.3 Å². The van der Waals surface area contributed by atoms with Crippen LogP contribution in [0.2, 0.25) is 0 Å². The van der Waals surface area contributed by atoms with Crippen LogP contribution < -0.4 is 5.32 Å². The lowest BCUT2D eigenvalue weighted by Crippen LogP contribution is -2.28. The monoisotopic (exact) mass is 188 g/mol. The SMILES string of the molecule is O=C1C=Cc2cn3c(c2C1)CCNC3. The van der Waals surface area contributed by atoms with Gasteiger partial charge in [0.05, 0.1) is 6.67 Å². The van der Waals surface area contributed by atoms with Crippen molar-refractivity contribution in [2.24, 2.45) is 0 Å². The molecule has 0 saturated carbocycles. The minimum atomic E-state index is 0.227. The predicted octanol–water partition coefficient (Wildman–Crippen LogP) is 0.730. The van der Waals surface area contributed by atoms with Crippen molar-refractivity contribution in [2.45, 2.75) is 19.5 Å². The molecule has 1 N–H and O–H groups in total. The molecule has 0 aromatic carbocycles. The normalized spacial score (nSPS) is 19.3. The molecule has 1 aromatic heterocycles. The Labute approximate surface area is 82.4 Å². The fourth-order valence-corrected chi connectivity index (χ4v) is 2.27. The highest BCUT2D eigenvalue weighted by Crippen LogP contribution is 2.25. The second-order valence-electron chi connectivity index (χ2n) is 3.86. The number of fused-ring (bicyclic) bond motifs is 3. The maximum Gasteiger partial charge on any atom is 0.160 e. The number of nitrogens with zero attached hydrogens (tertiary/aromatic N) is 1. The van der Waals surface area contributed by atoms with Crippen molar-refractivity contribution in [3.8, 4) is 0 Å². The van der Waals surface area contributed by atoms with E-state index >= 15 is 0 Å². The summed E-state index contributed by atoms with van der Waals surface area (Å²) in [5.41, 5.74) is 3.82. The Hall–Kier alpha value is -1.35. The summed E-state index contributed by atoms with van der Waals surface area (Å²) in [6.07, 6.45) is 7.39. The van der Waals surface area contributed by atoms with E-state index in [4.69, 9.17) is 0 Å². The third-order valence-corrected chi connectivity index (χ3v) is 2.96. The van der Waals surface area contributed by atoms with Crippen molar-refractivity contribution in [3.05, 3.63) is 29.1 Å². The number of allylic oxidation sites excluding steroid dienone is 1. The molecular weight excluding hydrogens is 176 g/mol. The molecule has 0 saturated heterocycles. The van der Waals surface area contributed by atoms with Crippen LogP contribution >= 0.6 is 0 Å². The van der Waals surface area contributed by atoms with E-state index in [1.54, 1.807) is 6.08 Å². The zero-order chi connectivity index (χ0) is 9.54. The van der Waals surface area contributed by atoms with Crippen LogP contribution in [-0.4, -0.2) is 16.9 Å². The highest BCUT2D eigenvalue weighted by Gasteiger charge is 2.20. The van der Waals surface area contributed by atoms with E-state index in [-0.39, 0.29) is 5.78 Å². The Morgan fingerprint density at radius 2 is 2.29 bits per heavy atom. The summed E-state index contributed by atoms with van der Waals surface area (Å²) in [4.78, 5) is 11.3. The van der Waals surface area contributed by atoms with Crippen molar-refractivity contribution >= 4 is 11.9 Å². The van der Waals surface area contributed by atoms with Crippen LogP contribution in [0.3, 0.4) is 0 Å². The lowest BCUT2D eigenvalue weighted by molar-refractivity contribution is -0.114. The van der Waals surface area contributed by atoms with E-state index in [0.29, 0.717) is 6.42 Å². The summed E-state index contributed by atoms with van der Waals surface area (Å²) in [6, 6.07) is 0. The number of nitrogens with one attached hydrogen (secondary N) is 1. The van der Waals surface area contributed by atoms with Crippen molar-refractivity contribution in [1.29, 1.82) is 0 Å². The molecule has 0 unspecified atom stereocenters. The zero-order valence-electron chi connectivity index (χ0n) is 7.92. The summed E-state index contributed by atoms with van der Waals surface area (Å²) in [5, 5.41) is 3.32. The molecule has 72 valence electrons. The number of hydrogen-bond acceptors (Lipinski definition) is 2. The Bertz CT molecular complexity index is 429. The molecule has 3 rings (SSSR count). The first-order chi connectivity index (χ1) is 6.84. The van der Waals surface area contributed by atoms with E-state index in [1.807, 2.05) is 6.08 Å². The molecule has 2 aliphatic rings. The average molecular weight is 188 g/mol. The molecule has 0 atom stereocenters. The topological polar surface area (TPSA) is 34.0 Å². The van der Waals surface area contributed by atoms with Crippen LogP contribution in [0.5, 0.6) is 0 Å². The predicted molar refractivity (Wildman–Crippen MR) is 53.9 cm³/mol. The van der Waals surface area contributed by atoms with Crippen LogP contribution in [0.4, 0.5) is 0 Å². The molecule has 3 heteroatoms. The minimum absolute atomic E-state index is 0.227. The van der Waals surface area contributed by atoms with Crippen LogP contribution in [0.25, 0.3) is 6.08 Å². The smallest absolute Gasteiger partial charge is 0.160 e. The minimum Gasteiger partial charge on any atom is -0.337 e. The quantitative estimate of drug-likeness (QED) is 0.651. The number of carbonyl (C=O) groups is 1. The number of aromatic nitrogens is 1. The molecule has 0 radical (unpaired) electrons. The molecule has 1 aromatic rings. The van der Waals surface area contributed by atoms with Gasteiger partial charge in [0.25, 0.3) is 0 Å². The standard InChI is InChI=1S/C11H12N2O/c14-9-2-1-8-6-13-7-12-4-3-11(13)10(8)5-9/h1-2,6,12H,3-5,7H2. The summed E-state index contributed by atoms with van der Waals surface area (Å²) in [5.74, 6) is 0.227. The fourth-order valence-electron chi connectivity index (χ4n) is 2.27. The van der Waals surface area contributed by atoms with E-state index in [1.165, 1.54) is 16.8 Å². The van der Waals surface area contributed by atoms with Gasteiger partial charge in [-0.1, -0.05) is 0 Å². The van der Waals surface area contributed by atoms with Gasteiger partial charge in [-0.15, -0.1) is 0 Å². The molecule has 0 bridgehead atoms. The molecule has 14 heavy (non-hydrogen) atoms. The molecule has 1 aliphatic carbocycles. The van der Waals surface area contributed by atoms with E-state index in [9.17, 15) is 4.79 Å². The Kier molecular flexibility index (Phi) is 1.61. The van der Waals surface area contributed by atoms with Gasteiger partial charge in [0.1, 0.15) is 0 Å². The first-order valence-corrected chi connectivity index (χ1v) is 4.97. The molecule has 2 heterocycles. The van der Waals surface area contributed by atoms with E-state index in [0.717, 1.165) is 19.6 Å². The number of hydrogen-bond donors (Lipinski definition) is 1. The van der Waals surface area contributed by atoms with Gasteiger partial charge in [-0.05, 0) is 23.3 Å². The van der Waals surface area contributed by atoms with Crippen molar-refractivity contribution in [3.63, 3.8) is 0 Å². The van der Waals surface area contributed by atoms with Crippen molar-refractivity contribution < 1.29 is 4.79 Å². The first-order valence-electron chi connectivity index (χ1n) is 4.97. The maximum absolute atomic E-state index is 11.3. The number of rotatable bonds is 0. The molecule has 3 nitrogen and oxygen atoms in total. The van der Waals surface area contributed by atoms with Gasteiger partial charge in [0, 0.05) is 31.3 Å². The Balaban J connectivity index is 2.15. The van der Waals surface area contributed by atoms with Gasteiger partial charge < -0.3 is 4.57 Å². The lowest BCUT2D eigenvalue weighted by Gasteiger charge is -2.17. The van der Waals surface area contributed by atoms with Crippen LogP contribution in [0, 0.1) is 0 Å². The van der Waals surface area contributed by atoms with Gasteiger partial charge in [0.15, 0.2) is 5.78 Å². The Morgan fingerprint density at radius 3 is 3.21 bits per heavy atom. The van der Waals surface area contributed by atoms with Crippen molar-refractivity contribution in [1.82, 2.24) is 9.88 Å². The van der Waals surface area contributed by atoms with Gasteiger partial charge in [-0.2, -0.15) is 0 Å². The van der Waals surface area contributed by atoms with Crippen LogP contribution in [0.1, 0.15) is 16.8 Å². The molecule has 0 fully saturated rings.